The van der Waals surface area contributed by atoms with E-state index >= 15 is 0 Å². The zero-order valence-corrected chi connectivity index (χ0v) is 16.4. The van der Waals surface area contributed by atoms with E-state index in [1.54, 1.807) is 35.9 Å². The number of benzene rings is 1. The molecule has 1 fully saturated rings. The third-order valence-electron chi connectivity index (χ3n) is 5.19. The number of hydrogen-bond acceptors (Lipinski definition) is 6. The van der Waals surface area contributed by atoms with Gasteiger partial charge in [-0.05, 0) is 63.2 Å². The van der Waals surface area contributed by atoms with E-state index in [0.29, 0.717) is 43.9 Å². The minimum atomic E-state index is -0.678. The summed E-state index contributed by atoms with van der Waals surface area (Å²) in [6.07, 6.45) is 2.99. The van der Waals surface area contributed by atoms with Gasteiger partial charge in [0.25, 0.3) is 5.91 Å². The molecule has 1 saturated heterocycles. The average molecular weight is 398 g/mol. The molecule has 0 saturated carbocycles. The quantitative estimate of drug-likeness (QED) is 0.417. The summed E-state index contributed by atoms with van der Waals surface area (Å²) in [5.74, 6) is -0.116. The Hall–Kier alpha value is -2.97. The zero-order chi connectivity index (χ0) is 20.7. The molecule has 0 radical (unpaired) electrons. The lowest BCUT2D eigenvalue weighted by atomic mass is 9.84. The largest absolute Gasteiger partial charge is 0.489 e. The molecule has 0 aliphatic carbocycles. The predicted octanol–water partition coefficient (Wildman–Crippen LogP) is 1.72. The molecule has 3 rings (SSSR count). The van der Waals surface area contributed by atoms with Crippen molar-refractivity contribution in [3.05, 3.63) is 59.4 Å². The second kappa shape index (κ2) is 9.49. The second-order valence-corrected chi connectivity index (χ2v) is 7.26. The van der Waals surface area contributed by atoms with Crippen molar-refractivity contribution in [1.82, 2.24) is 21.1 Å². The van der Waals surface area contributed by atoms with E-state index in [1.807, 2.05) is 19.1 Å². The maximum absolute atomic E-state index is 12.7. The molecule has 29 heavy (non-hydrogen) atoms. The van der Waals surface area contributed by atoms with E-state index in [-0.39, 0.29) is 12.3 Å². The van der Waals surface area contributed by atoms with Crippen LogP contribution in [-0.2, 0) is 11.4 Å². The smallest absolute Gasteiger partial charge is 0.251 e. The van der Waals surface area contributed by atoms with Gasteiger partial charge in [0.1, 0.15) is 12.4 Å². The molecule has 0 spiro atoms. The number of ether oxygens (including phenoxy) is 1. The van der Waals surface area contributed by atoms with E-state index in [9.17, 15) is 9.59 Å². The lowest BCUT2D eigenvalue weighted by molar-refractivity contribution is -0.130. The van der Waals surface area contributed by atoms with E-state index in [0.717, 1.165) is 11.3 Å². The number of aromatic nitrogens is 1. The molecule has 1 aliphatic rings. The summed E-state index contributed by atoms with van der Waals surface area (Å²) >= 11 is 0. The van der Waals surface area contributed by atoms with Gasteiger partial charge in [0.05, 0.1) is 12.0 Å². The van der Waals surface area contributed by atoms with Crippen molar-refractivity contribution in [2.45, 2.75) is 38.3 Å². The van der Waals surface area contributed by atoms with Gasteiger partial charge in [0.2, 0.25) is 5.91 Å². The van der Waals surface area contributed by atoms with Crippen molar-refractivity contribution in [2.75, 3.05) is 13.1 Å². The number of carbonyl (C=O) groups excluding carboxylic acids is 2. The highest BCUT2D eigenvalue weighted by Gasteiger charge is 2.36. The number of hydroxylamine groups is 1. The van der Waals surface area contributed by atoms with Gasteiger partial charge >= 0.3 is 0 Å². The van der Waals surface area contributed by atoms with Crippen LogP contribution in [0.4, 0.5) is 0 Å². The SMILES string of the molecule is Cc1ncccc1COc1ccc(C(=O)NC2(CC(=O)NO)CCNCC2)cc1. The van der Waals surface area contributed by atoms with Crippen LogP contribution in [0.1, 0.15) is 40.9 Å². The Labute approximate surface area is 169 Å². The van der Waals surface area contributed by atoms with Gasteiger partial charge in [-0.25, -0.2) is 5.48 Å². The molecule has 0 atom stereocenters. The van der Waals surface area contributed by atoms with Crippen LogP contribution in [-0.4, -0.2) is 40.6 Å². The van der Waals surface area contributed by atoms with Crippen LogP contribution in [0.15, 0.2) is 42.6 Å². The Morgan fingerprint density at radius 3 is 2.59 bits per heavy atom. The number of carbonyl (C=O) groups is 2. The minimum Gasteiger partial charge on any atom is -0.489 e. The number of pyridine rings is 1. The molecule has 1 aromatic heterocycles. The maximum atomic E-state index is 12.7. The highest BCUT2D eigenvalue weighted by molar-refractivity contribution is 5.95. The monoisotopic (exact) mass is 398 g/mol. The van der Waals surface area contributed by atoms with Gasteiger partial charge in [-0.15, -0.1) is 0 Å². The Morgan fingerprint density at radius 1 is 1.21 bits per heavy atom. The van der Waals surface area contributed by atoms with Crippen molar-refractivity contribution in [2.24, 2.45) is 0 Å². The standard InChI is InChI=1S/C21H26N4O4/c1-15-17(3-2-10-23-15)14-29-18-6-4-16(5-7-18)20(27)24-21(13-19(26)25-28)8-11-22-12-9-21/h2-7,10,22,28H,8-9,11-14H2,1H3,(H,24,27)(H,25,26). The Morgan fingerprint density at radius 2 is 1.93 bits per heavy atom. The fourth-order valence-electron chi connectivity index (χ4n) is 3.44. The van der Waals surface area contributed by atoms with Gasteiger partial charge in [-0.1, -0.05) is 6.07 Å². The van der Waals surface area contributed by atoms with E-state index in [1.165, 1.54) is 0 Å². The summed E-state index contributed by atoms with van der Waals surface area (Å²) in [4.78, 5) is 28.7. The first kappa shape index (κ1) is 20.8. The van der Waals surface area contributed by atoms with Crippen LogP contribution in [0.2, 0.25) is 0 Å². The summed E-state index contributed by atoms with van der Waals surface area (Å²) in [5.41, 5.74) is 3.39. The maximum Gasteiger partial charge on any atom is 0.251 e. The molecule has 2 aromatic rings. The fraction of sp³-hybridized carbons (Fsp3) is 0.381. The van der Waals surface area contributed by atoms with Crippen LogP contribution < -0.4 is 20.9 Å². The third-order valence-corrected chi connectivity index (χ3v) is 5.19. The summed E-state index contributed by atoms with van der Waals surface area (Å²) < 4.78 is 5.78. The first-order valence-electron chi connectivity index (χ1n) is 9.61. The number of nitrogens with zero attached hydrogens (tertiary/aromatic N) is 1. The number of rotatable bonds is 7. The molecule has 4 N–H and O–H groups in total. The first-order valence-corrected chi connectivity index (χ1v) is 9.61. The van der Waals surface area contributed by atoms with Crippen molar-refractivity contribution >= 4 is 11.8 Å². The number of nitrogens with one attached hydrogen (secondary N) is 3. The van der Waals surface area contributed by atoms with Crippen molar-refractivity contribution in [1.29, 1.82) is 0 Å². The first-order chi connectivity index (χ1) is 14.0. The van der Waals surface area contributed by atoms with Crippen LogP contribution in [0, 0.1) is 6.92 Å². The lowest BCUT2D eigenvalue weighted by Gasteiger charge is -2.37. The van der Waals surface area contributed by atoms with E-state index < -0.39 is 11.4 Å². The fourth-order valence-corrected chi connectivity index (χ4v) is 3.44. The molecule has 1 aliphatic heterocycles. The molecule has 0 bridgehead atoms. The molecule has 0 unspecified atom stereocenters. The van der Waals surface area contributed by atoms with Crippen LogP contribution in [0.3, 0.4) is 0 Å². The zero-order valence-electron chi connectivity index (χ0n) is 16.4. The van der Waals surface area contributed by atoms with E-state index in [4.69, 9.17) is 9.94 Å². The Balaban J connectivity index is 1.63. The highest BCUT2D eigenvalue weighted by atomic mass is 16.5. The van der Waals surface area contributed by atoms with Gasteiger partial charge in [0, 0.05) is 23.0 Å². The van der Waals surface area contributed by atoms with Gasteiger partial charge in [-0.3, -0.25) is 19.8 Å². The van der Waals surface area contributed by atoms with Gasteiger partial charge in [-0.2, -0.15) is 0 Å². The highest BCUT2D eigenvalue weighted by Crippen LogP contribution is 2.24. The van der Waals surface area contributed by atoms with Crippen LogP contribution >= 0.6 is 0 Å². The van der Waals surface area contributed by atoms with Crippen LogP contribution in [0.25, 0.3) is 0 Å². The summed E-state index contributed by atoms with van der Waals surface area (Å²) in [6, 6.07) is 10.7. The Kier molecular flexibility index (Phi) is 6.79. The van der Waals surface area contributed by atoms with Gasteiger partial charge in [0.15, 0.2) is 0 Å². The van der Waals surface area contributed by atoms with Crippen LogP contribution in [0.5, 0.6) is 5.75 Å². The molecule has 2 heterocycles. The normalized spacial score (nSPS) is 15.4. The summed E-state index contributed by atoms with van der Waals surface area (Å²) in [5, 5.41) is 15.1. The van der Waals surface area contributed by atoms with E-state index in [2.05, 4.69) is 15.6 Å². The second-order valence-electron chi connectivity index (χ2n) is 7.26. The van der Waals surface area contributed by atoms with Gasteiger partial charge < -0.3 is 15.4 Å². The topological polar surface area (TPSA) is 113 Å². The number of piperidine rings is 1. The number of amides is 2. The molecular weight excluding hydrogens is 372 g/mol. The van der Waals surface area contributed by atoms with Crippen molar-refractivity contribution in [3.63, 3.8) is 0 Å². The lowest BCUT2D eigenvalue weighted by Crippen LogP contribution is -2.56. The average Bonchev–Trinajstić information content (AvgIpc) is 2.74. The summed E-state index contributed by atoms with van der Waals surface area (Å²) in [7, 11) is 0. The van der Waals surface area contributed by atoms with Crippen molar-refractivity contribution in [3.8, 4) is 5.75 Å². The Bertz CT molecular complexity index is 848. The number of aryl methyl sites for hydroxylation is 1. The molecular formula is C21H26N4O4. The van der Waals surface area contributed by atoms with Crippen molar-refractivity contribution < 1.29 is 19.5 Å². The molecule has 8 heteroatoms. The summed E-state index contributed by atoms with van der Waals surface area (Å²) in [6.45, 7) is 3.72. The number of hydrogen-bond donors (Lipinski definition) is 4. The third kappa shape index (κ3) is 5.52. The molecule has 154 valence electrons. The molecule has 1 aromatic carbocycles. The molecule has 8 nitrogen and oxygen atoms in total. The predicted molar refractivity (Wildman–Crippen MR) is 107 cm³/mol. The minimum absolute atomic E-state index is 0.0303. The molecule has 2 amide bonds.